The number of nitrogens with zero attached hydrogens (tertiary/aromatic N) is 3. The van der Waals surface area contributed by atoms with Gasteiger partial charge in [0.05, 0.1) is 0 Å². The third-order valence-corrected chi connectivity index (χ3v) is 4.92. The standard InChI is InChI=1S/C15H26N4OS/c1-5-16-12-10-14(18-13(17-12)11-20-4)19-7-6-15(2,3)21-9-8-19/h10H,5-9,11H2,1-4H3,(H,16,17,18). The molecule has 0 radical (unpaired) electrons. The maximum atomic E-state index is 5.19. The van der Waals surface area contributed by atoms with Crippen molar-refractivity contribution >= 4 is 23.4 Å². The van der Waals surface area contributed by atoms with Gasteiger partial charge in [0.15, 0.2) is 5.82 Å². The summed E-state index contributed by atoms with van der Waals surface area (Å²) in [6.07, 6.45) is 1.16. The fourth-order valence-electron chi connectivity index (χ4n) is 2.36. The average molecular weight is 310 g/mol. The molecule has 0 bridgehead atoms. The summed E-state index contributed by atoms with van der Waals surface area (Å²) in [6, 6.07) is 2.05. The molecule has 1 saturated heterocycles. The molecule has 21 heavy (non-hydrogen) atoms. The Morgan fingerprint density at radius 2 is 2.19 bits per heavy atom. The lowest BCUT2D eigenvalue weighted by Crippen LogP contribution is -2.28. The molecular formula is C15H26N4OS. The first kappa shape index (κ1) is 16.4. The van der Waals surface area contributed by atoms with Crippen molar-refractivity contribution in [2.75, 3.05) is 42.7 Å². The van der Waals surface area contributed by atoms with Gasteiger partial charge in [-0.2, -0.15) is 11.8 Å². The smallest absolute Gasteiger partial charge is 0.158 e. The zero-order valence-corrected chi connectivity index (χ0v) is 14.3. The van der Waals surface area contributed by atoms with Gasteiger partial charge in [-0.3, -0.25) is 0 Å². The summed E-state index contributed by atoms with van der Waals surface area (Å²) in [5.74, 6) is 3.76. The van der Waals surface area contributed by atoms with E-state index >= 15 is 0 Å². The van der Waals surface area contributed by atoms with Gasteiger partial charge in [0.1, 0.15) is 18.2 Å². The van der Waals surface area contributed by atoms with E-state index in [9.17, 15) is 0 Å². The van der Waals surface area contributed by atoms with E-state index in [-0.39, 0.29) is 0 Å². The third kappa shape index (κ3) is 4.74. The molecule has 0 amide bonds. The summed E-state index contributed by atoms with van der Waals surface area (Å²) in [6.45, 7) is 10.1. The Bertz CT molecular complexity index is 443. The van der Waals surface area contributed by atoms with E-state index in [1.54, 1.807) is 7.11 Å². The van der Waals surface area contributed by atoms with Crippen LogP contribution < -0.4 is 10.2 Å². The molecule has 2 rings (SSSR count). The monoisotopic (exact) mass is 310 g/mol. The average Bonchev–Trinajstić information content (AvgIpc) is 2.60. The van der Waals surface area contributed by atoms with Gasteiger partial charge in [0, 0.05) is 43.3 Å². The molecule has 6 heteroatoms. The zero-order chi connectivity index (χ0) is 15.3. The highest BCUT2D eigenvalue weighted by molar-refractivity contribution is 8.00. The molecule has 0 unspecified atom stereocenters. The van der Waals surface area contributed by atoms with Crippen LogP contribution in [0.1, 0.15) is 33.0 Å². The van der Waals surface area contributed by atoms with Gasteiger partial charge >= 0.3 is 0 Å². The first-order chi connectivity index (χ1) is 10.0. The quantitative estimate of drug-likeness (QED) is 0.902. The molecule has 0 atom stereocenters. The Morgan fingerprint density at radius 1 is 1.38 bits per heavy atom. The van der Waals surface area contributed by atoms with Crippen molar-refractivity contribution in [1.29, 1.82) is 0 Å². The van der Waals surface area contributed by atoms with E-state index < -0.39 is 0 Å². The summed E-state index contributed by atoms with van der Waals surface area (Å²) in [7, 11) is 1.67. The highest BCUT2D eigenvalue weighted by Gasteiger charge is 2.24. The first-order valence-corrected chi connectivity index (χ1v) is 8.52. The molecule has 5 nitrogen and oxygen atoms in total. The minimum Gasteiger partial charge on any atom is -0.377 e. The third-order valence-electron chi connectivity index (χ3n) is 3.55. The van der Waals surface area contributed by atoms with Crippen LogP contribution in [0.2, 0.25) is 0 Å². The summed E-state index contributed by atoms with van der Waals surface area (Å²) in [4.78, 5) is 11.5. The van der Waals surface area contributed by atoms with Crippen molar-refractivity contribution in [2.24, 2.45) is 0 Å². The van der Waals surface area contributed by atoms with Crippen LogP contribution in [0.4, 0.5) is 11.6 Å². The summed E-state index contributed by atoms with van der Waals surface area (Å²) < 4.78 is 5.53. The number of rotatable bonds is 5. The molecule has 2 heterocycles. The molecular weight excluding hydrogens is 284 g/mol. The van der Waals surface area contributed by atoms with Gasteiger partial charge in [-0.15, -0.1) is 0 Å². The summed E-state index contributed by atoms with van der Waals surface area (Å²) in [5.41, 5.74) is 0. The predicted octanol–water partition coefficient (Wildman–Crippen LogP) is 2.78. The van der Waals surface area contributed by atoms with E-state index in [4.69, 9.17) is 4.74 Å². The number of hydrogen-bond acceptors (Lipinski definition) is 6. The number of methoxy groups -OCH3 is 1. The maximum Gasteiger partial charge on any atom is 0.158 e. The molecule has 1 fully saturated rings. The summed E-state index contributed by atoms with van der Waals surface area (Å²) in [5, 5.41) is 3.28. The molecule has 0 aromatic carbocycles. The lowest BCUT2D eigenvalue weighted by atomic mass is 10.1. The molecule has 1 aromatic rings. The Balaban J connectivity index is 2.20. The highest BCUT2D eigenvalue weighted by Crippen LogP contribution is 2.32. The number of anilines is 2. The number of nitrogens with one attached hydrogen (secondary N) is 1. The van der Waals surface area contributed by atoms with Crippen LogP contribution >= 0.6 is 11.8 Å². The van der Waals surface area contributed by atoms with Gasteiger partial charge < -0.3 is 15.0 Å². The molecule has 0 saturated carbocycles. The maximum absolute atomic E-state index is 5.19. The highest BCUT2D eigenvalue weighted by atomic mass is 32.2. The Hall–Kier alpha value is -1.01. The fraction of sp³-hybridized carbons (Fsp3) is 0.733. The van der Waals surface area contributed by atoms with E-state index in [1.165, 1.54) is 0 Å². The van der Waals surface area contributed by atoms with Crippen molar-refractivity contribution in [1.82, 2.24) is 9.97 Å². The first-order valence-electron chi connectivity index (χ1n) is 7.54. The molecule has 1 aliphatic rings. The predicted molar refractivity (Wildman–Crippen MR) is 90.3 cm³/mol. The second-order valence-corrected chi connectivity index (χ2v) is 7.64. The zero-order valence-electron chi connectivity index (χ0n) is 13.5. The summed E-state index contributed by atoms with van der Waals surface area (Å²) >= 11 is 2.04. The molecule has 118 valence electrons. The second kappa shape index (κ2) is 7.31. The Morgan fingerprint density at radius 3 is 2.90 bits per heavy atom. The van der Waals surface area contributed by atoms with Gasteiger partial charge in [-0.1, -0.05) is 13.8 Å². The second-order valence-electron chi connectivity index (χ2n) is 5.84. The van der Waals surface area contributed by atoms with Gasteiger partial charge in [0.25, 0.3) is 0 Å². The lowest BCUT2D eigenvalue weighted by Gasteiger charge is -2.24. The van der Waals surface area contributed by atoms with E-state index in [2.05, 4.69) is 41.0 Å². The van der Waals surface area contributed by atoms with Crippen LogP contribution in [-0.4, -0.2) is 47.2 Å². The molecule has 1 N–H and O–H groups in total. The van der Waals surface area contributed by atoms with Crippen LogP contribution in [0.5, 0.6) is 0 Å². The van der Waals surface area contributed by atoms with Gasteiger partial charge in [0.2, 0.25) is 0 Å². The normalized spacial score (nSPS) is 18.4. The Kier molecular flexibility index (Phi) is 5.70. The van der Waals surface area contributed by atoms with Gasteiger partial charge in [-0.05, 0) is 13.3 Å². The van der Waals surface area contributed by atoms with Crippen molar-refractivity contribution in [2.45, 2.75) is 38.5 Å². The van der Waals surface area contributed by atoms with Crippen molar-refractivity contribution in [3.63, 3.8) is 0 Å². The lowest BCUT2D eigenvalue weighted by molar-refractivity contribution is 0.178. The molecule has 1 aliphatic heterocycles. The van der Waals surface area contributed by atoms with Crippen LogP contribution in [0.15, 0.2) is 6.07 Å². The van der Waals surface area contributed by atoms with E-state index in [0.717, 1.165) is 49.3 Å². The minimum atomic E-state index is 0.349. The van der Waals surface area contributed by atoms with E-state index in [1.807, 2.05) is 17.8 Å². The SMILES string of the molecule is CCNc1cc(N2CCSC(C)(C)CC2)nc(COC)n1. The van der Waals surface area contributed by atoms with Crippen molar-refractivity contribution in [3.05, 3.63) is 11.9 Å². The van der Waals surface area contributed by atoms with Crippen molar-refractivity contribution in [3.8, 4) is 0 Å². The molecule has 0 spiro atoms. The van der Waals surface area contributed by atoms with Gasteiger partial charge in [-0.25, -0.2) is 9.97 Å². The van der Waals surface area contributed by atoms with Crippen LogP contribution in [-0.2, 0) is 11.3 Å². The fourth-order valence-corrected chi connectivity index (χ4v) is 3.46. The minimum absolute atomic E-state index is 0.349. The van der Waals surface area contributed by atoms with Crippen LogP contribution in [0.25, 0.3) is 0 Å². The number of thioether (sulfide) groups is 1. The number of hydrogen-bond donors (Lipinski definition) is 1. The molecule has 1 aromatic heterocycles. The number of aromatic nitrogens is 2. The van der Waals surface area contributed by atoms with Crippen LogP contribution in [0, 0.1) is 0 Å². The topological polar surface area (TPSA) is 50.3 Å². The van der Waals surface area contributed by atoms with Crippen molar-refractivity contribution < 1.29 is 4.74 Å². The number of ether oxygens (including phenoxy) is 1. The van der Waals surface area contributed by atoms with E-state index in [0.29, 0.717) is 11.4 Å². The molecule has 0 aliphatic carbocycles. The Labute approximate surface area is 131 Å². The largest absolute Gasteiger partial charge is 0.377 e. The van der Waals surface area contributed by atoms with Crippen LogP contribution in [0.3, 0.4) is 0 Å².